The molecule has 10 rings (SSSR count). The van der Waals surface area contributed by atoms with E-state index in [1.807, 2.05) is 18.2 Å². The van der Waals surface area contributed by atoms with Crippen LogP contribution in [0.3, 0.4) is 0 Å². The second-order valence-corrected chi connectivity index (χ2v) is 19.2. The van der Waals surface area contributed by atoms with Gasteiger partial charge in [0.2, 0.25) is 11.6 Å². The second-order valence-electron chi connectivity index (χ2n) is 19.2. The van der Waals surface area contributed by atoms with Gasteiger partial charge in [-0.15, -0.1) is 0 Å². The smallest absolute Gasteiger partial charge is 0.312 e. The molecule has 2 spiro atoms. The number of carbonyl (C=O) groups excluding carboxylic acids is 4. The normalized spacial score (nSPS) is 51.9. The molecule has 1 aromatic rings. The van der Waals surface area contributed by atoms with Gasteiger partial charge in [-0.3, -0.25) is 19.2 Å². The Morgan fingerprint density at radius 1 is 1.06 bits per heavy atom. The minimum atomic E-state index is -1.64. The van der Waals surface area contributed by atoms with E-state index in [0.717, 1.165) is 18.4 Å². The van der Waals surface area contributed by atoms with Crippen molar-refractivity contribution in [2.75, 3.05) is 13.7 Å². The first kappa shape index (κ1) is 35.1. The number of para-hydroxylation sites is 1. The molecule has 2 saturated heterocycles. The number of benzene rings is 1. The summed E-state index contributed by atoms with van der Waals surface area (Å²) < 4.78 is 29.3. The molecule has 288 valence electrons. The van der Waals surface area contributed by atoms with E-state index in [4.69, 9.17) is 23.7 Å². The number of carbonyl (C=O) groups is 4. The van der Waals surface area contributed by atoms with Gasteiger partial charge in [-0.1, -0.05) is 51.1 Å². The quantitative estimate of drug-likeness (QED) is 0.320. The van der Waals surface area contributed by atoms with E-state index in [2.05, 4.69) is 39.0 Å². The third-order valence-corrected chi connectivity index (χ3v) is 16.9. The lowest BCUT2D eigenvalue weighted by molar-refractivity contribution is -0.224. The zero-order valence-electron chi connectivity index (χ0n) is 31.8. The number of methoxy groups -OCH3 is 1. The summed E-state index contributed by atoms with van der Waals surface area (Å²) in [6.45, 7) is 9.58. The van der Waals surface area contributed by atoms with Gasteiger partial charge in [0.1, 0.15) is 11.9 Å². The molecule has 0 radical (unpaired) electrons. The Kier molecular flexibility index (Phi) is 6.70. The molecule has 3 heterocycles. The lowest BCUT2D eigenvalue weighted by atomic mass is 9.34. The van der Waals surface area contributed by atoms with Crippen molar-refractivity contribution in [1.29, 1.82) is 0 Å². The fraction of sp³-hybridized carbons (Fsp3) is 0.674. The first-order valence-electron chi connectivity index (χ1n) is 19.7. The number of hydrogen-bond acceptors (Lipinski definition) is 11. The van der Waals surface area contributed by atoms with Gasteiger partial charge in [-0.2, -0.15) is 0 Å². The molecule has 15 atom stereocenters. The number of ether oxygens (including phenoxy) is 5. The largest absolute Gasteiger partial charge is 0.474 e. The van der Waals surface area contributed by atoms with Crippen molar-refractivity contribution in [3.05, 3.63) is 53.6 Å². The van der Waals surface area contributed by atoms with E-state index < -0.39 is 80.0 Å². The van der Waals surface area contributed by atoms with E-state index in [9.17, 15) is 24.6 Å². The molecule has 54 heavy (non-hydrogen) atoms. The third-order valence-electron chi connectivity index (χ3n) is 16.9. The number of allylic oxidation sites excluding steroid dienone is 3. The monoisotopic (exact) mass is 742 g/mol. The molecule has 11 heteroatoms. The second kappa shape index (κ2) is 10.3. The van der Waals surface area contributed by atoms with E-state index in [0.29, 0.717) is 30.6 Å². The van der Waals surface area contributed by atoms with Gasteiger partial charge in [0.15, 0.2) is 23.1 Å². The maximum absolute atomic E-state index is 15.0. The number of fused-ring (bicyclic) bond motifs is 7. The van der Waals surface area contributed by atoms with Crippen LogP contribution < -0.4 is 4.74 Å². The molecule has 0 aromatic heterocycles. The lowest BCUT2D eigenvalue weighted by Gasteiger charge is -2.69. The summed E-state index contributed by atoms with van der Waals surface area (Å²) in [4.78, 5) is 55.4. The maximum atomic E-state index is 15.0. The van der Waals surface area contributed by atoms with Gasteiger partial charge >= 0.3 is 11.9 Å². The number of rotatable bonds is 5. The first-order chi connectivity index (χ1) is 25.4. The molecule has 11 nitrogen and oxygen atoms in total. The Morgan fingerprint density at radius 2 is 1.81 bits per heavy atom. The molecular formula is C43H50O11. The minimum Gasteiger partial charge on any atom is -0.474 e. The van der Waals surface area contributed by atoms with E-state index >= 15 is 4.79 Å². The van der Waals surface area contributed by atoms with Crippen LogP contribution in [0.4, 0.5) is 0 Å². The summed E-state index contributed by atoms with van der Waals surface area (Å²) in [5, 5.41) is 23.9. The van der Waals surface area contributed by atoms with Gasteiger partial charge in [-0.05, 0) is 85.3 Å². The number of esters is 2. The van der Waals surface area contributed by atoms with Crippen molar-refractivity contribution in [2.45, 2.75) is 115 Å². The fourth-order valence-electron chi connectivity index (χ4n) is 14.5. The van der Waals surface area contributed by atoms with Crippen LogP contribution >= 0.6 is 0 Å². The van der Waals surface area contributed by atoms with Gasteiger partial charge in [0, 0.05) is 36.7 Å². The van der Waals surface area contributed by atoms with Crippen LogP contribution in [0.25, 0.3) is 0 Å². The zero-order chi connectivity index (χ0) is 38.2. The predicted octanol–water partition coefficient (Wildman–Crippen LogP) is 4.66. The first-order valence-corrected chi connectivity index (χ1v) is 19.7. The zero-order valence-corrected chi connectivity index (χ0v) is 31.8. The molecule has 0 amide bonds. The van der Waals surface area contributed by atoms with Gasteiger partial charge in [0.05, 0.1) is 30.6 Å². The molecule has 2 N–H and O–H groups in total. The van der Waals surface area contributed by atoms with Crippen LogP contribution in [-0.2, 0) is 33.3 Å². The number of ketones is 2. The highest BCUT2D eigenvalue weighted by Crippen LogP contribution is 2.89. The Labute approximate surface area is 314 Å². The highest BCUT2D eigenvalue weighted by molar-refractivity contribution is 6.11. The molecule has 6 aliphatic carbocycles. The highest BCUT2D eigenvalue weighted by atomic mass is 16.8. The lowest BCUT2D eigenvalue weighted by Crippen LogP contribution is -2.73. The van der Waals surface area contributed by atoms with Crippen molar-refractivity contribution in [3.63, 3.8) is 0 Å². The number of hydrogen-bond donors (Lipinski definition) is 2. The molecule has 9 aliphatic rings. The van der Waals surface area contributed by atoms with Crippen LogP contribution in [0, 0.1) is 50.7 Å². The summed E-state index contributed by atoms with van der Waals surface area (Å²) in [6, 6.07) is 7.33. The standard InChI is InChI=1S/C43H50O11/c1-22(50-6)17-29(44)53-38(4)21-51-43(35(38)49)18-24(34(48)54-43)25-11-16-41-20-40(25,41)15-13-27-36(2)14-12-28-37(3,31(36)30(45)33(47)39(27,41)5)19-42(28)32(46)23-9-7-8-10-26(23)52-42/h7-10,12-13,15,22,24-25,27,30-31,35,45,49H,11,14,16-21H2,1-6H3/t22-,24-,25+,27+,30+,31+,35+,36+,37-,38-,39-,40+,41+,42+,43+/m0/s1. The molecule has 4 saturated carbocycles. The van der Waals surface area contributed by atoms with Crippen LogP contribution in [0.1, 0.15) is 89.9 Å². The number of aliphatic hydroxyl groups is 2. The SMILES string of the molecule is CO[C@@H](C)CC(=O)O[C@@]1(C)CO[C@@]2(C[C@@H]([C@H]3CC[C@]45C[C@]34C=C[C@@H]3[C@@]4(C)CC=C6[C@@]7(C[C@]6(C)[C@@H]4[C@@H](O)C(=O)[C@]35C)Oc3ccccc3C7=O)C(=O)O2)[C@@H]1O. The summed E-state index contributed by atoms with van der Waals surface area (Å²) in [5.41, 5.74) is -3.88. The Bertz CT molecular complexity index is 2010. The molecule has 3 aliphatic heterocycles. The Hall–Kier alpha value is -3.38. The predicted molar refractivity (Wildman–Crippen MR) is 190 cm³/mol. The van der Waals surface area contributed by atoms with E-state index in [1.54, 1.807) is 19.9 Å². The summed E-state index contributed by atoms with van der Waals surface area (Å²) in [5.74, 6) is -3.57. The average Bonchev–Trinajstić information content (AvgIpc) is 3.26. The maximum Gasteiger partial charge on any atom is 0.312 e. The topological polar surface area (TPSA) is 155 Å². The van der Waals surface area contributed by atoms with Crippen molar-refractivity contribution >= 4 is 23.5 Å². The molecule has 1 aromatic carbocycles. The van der Waals surface area contributed by atoms with Crippen LogP contribution in [0.2, 0.25) is 0 Å². The van der Waals surface area contributed by atoms with Gasteiger partial charge in [0.25, 0.3) is 0 Å². The van der Waals surface area contributed by atoms with Crippen LogP contribution in [-0.4, -0.2) is 82.7 Å². The highest BCUT2D eigenvalue weighted by Gasteiger charge is 2.87. The molecular weight excluding hydrogens is 692 g/mol. The Morgan fingerprint density at radius 3 is 2.56 bits per heavy atom. The Balaban J connectivity index is 0.942. The van der Waals surface area contributed by atoms with Crippen molar-refractivity contribution in [2.24, 2.45) is 50.7 Å². The van der Waals surface area contributed by atoms with Crippen molar-refractivity contribution in [3.8, 4) is 5.75 Å². The van der Waals surface area contributed by atoms with Crippen molar-refractivity contribution in [1.82, 2.24) is 0 Å². The molecule has 0 unspecified atom stereocenters. The summed E-state index contributed by atoms with van der Waals surface area (Å²) >= 11 is 0. The minimum absolute atomic E-state index is 0.000551. The average molecular weight is 743 g/mol. The summed E-state index contributed by atoms with van der Waals surface area (Å²) in [7, 11) is 1.50. The summed E-state index contributed by atoms with van der Waals surface area (Å²) in [6.07, 6.45) is 6.94. The van der Waals surface area contributed by atoms with E-state index in [-0.39, 0.29) is 49.0 Å². The van der Waals surface area contributed by atoms with Crippen LogP contribution in [0.5, 0.6) is 5.75 Å². The van der Waals surface area contributed by atoms with Gasteiger partial charge < -0.3 is 33.9 Å². The number of Topliss-reactive ketones (excluding diaryl/α,β-unsaturated/α-hetero) is 2. The fourth-order valence-corrected chi connectivity index (χ4v) is 14.5. The van der Waals surface area contributed by atoms with E-state index in [1.165, 1.54) is 7.11 Å². The third kappa shape index (κ3) is 3.70. The molecule has 0 bridgehead atoms. The van der Waals surface area contributed by atoms with Gasteiger partial charge in [-0.25, -0.2) is 0 Å². The van der Waals surface area contributed by atoms with Crippen LogP contribution in [0.15, 0.2) is 48.1 Å². The van der Waals surface area contributed by atoms with Crippen molar-refractivity contribution < 1.29 is 53.1 Å². The molecule has 6 fully saturated rings. The number of aliphatic hydroxyl groups excluding tert-OH is 2.